The summed E-state index contributed by atoms with van der Waals surface area (Å²) in [6.07, 6.45) is 1.21. The van der Waals surface area contributed by atoms with Crippen LogP contribution in [0, 0.1) is 17.0 Å². The molecule has 0 aliphatic heterocycles. The smallest absolute Gasteiger partial charge is 0.332 e. The zero-order chi connectivity index (χ0) is 15.6. The minimum atomic E-state index is -0.667. The fraction of sp³-hybridized carbons (Fsp3) is 0.182. The second-order valence-corrected chi connectivity index (χ2v) is 4.14. The number of nitro groups is 1. The van der Waals surface area contributed by atoms with Gasteiger partial charge in [-0.1, -0.05) is 5.16 Å². The molecule has 2 aromatic rings. The lowest BCUT2D eigenvalue weighted by Gasteiger charge is -2.06. The van der Waals surface area contributed by atoms with Gasteiger partial charge in [0, 0.05) is 30.9 Å². The van der Waals surface area contributed by atoms with Crippen molar-refractivity contribution in [3.63, 3.8) is 0 Å². The van der Waals surface area contributed by atoms with Gasteiger partial charge < -0.3 is 15.7 Å². The lowest BCUT2D eigenvalue weighted by molar-refractivity contribution is -0.386. The monoisotopic (exact) mass is 292 g/mol. The number of hydrogen-bond acceptors (Lipinski definition) is 7. The quantitative estimate of drug-likeness (QED) is 0.280. The maximum Gasteiger partial charge on any atom is 0.332 e. The Morgan fingerprint density at radius 1 is 1.57 bits per heavy atom. The van der Waals surface area contributed by atoms with Gasteiger partial charge in [-0.15, -0.1) is 0 Å². The molecule has 0 saturated heterocycles. The molecular formula is C11H12N6O4. The van der Waals surface area contributed by atoms with Crippen molar-refractivity contribution in [2.75, 3.05) is 0 Å². The van der Waals surface area contributed by atoms with Gasteiger partial charge in [0.05, 0.1) is 10.6 Å². The summed E-state index contributed by atoms with van der Waals surface area (Å²) in [6.45, 7) is 1.76. The van der Waals surface area contributed by atoms with E-state index in [4.69, 9.17) is 15.7 Å². The molecule has 0 unspecified atom stereocenters. The van der Waals surface area contributed by atoms with Gasteiger partial charge in [0.1, 0.15) is 0 Å². The van der Waals surface area contributed by atoms with E-state index >= 15 is 0 Å². The lowest BCUT2D eigenvalue weighted by atomic mass is 10.2. The van der Waals surface area contributed by atoms with Gasteiger partial charge in [0.15, 0.2) is 5.84 Å². The van der Waals surface area contributed by atoms with Crippen molar-refractivity contribution in [3.05, 3.63) is 39.7 Å². The largest absolute Gasteiger partial charge is 0.415 e. The first-order chi connectivity index (χ1) is 9.92. The second kappa shape index (κ2) is 5.45. The van der Waals surface area contributed by atoms with E-state index in [-0.39, 0.29) is 17.3 Å². The number of nitrogens with zero attached hydrogens (tertiary/aromatic N) is 5. The molecule has 0 bridgehead atoms. The van der Waals surface area contributed by atoms with E-state index in [2.05, 4.69) is 15.2 Å². The van der Waals surface area contributed by atoms with Crippen LogP contribution in [0.3, 0.4) is 0 Å². The maximum absolute atomic E-state index is 11.1. The molecule has 0 amide bonds. The topological polar surface area (TPSA) is 142 Å². The van der Waals surface area contributed by atoms with E-state index in [0.717, 1.165) is 6.07 Å². The zero-order valence-electron chi connectivity index (χ0n) is 11.2. The summed E-state index contributed by atoms with van der Waals surface area (Å²) >= 11 is 0. The van der Waals surface area contributed by atoms with Crippen molar-refractivity contribution in [1.82, 2.24) is 14.8 Å². The molecular weight excluding hydrogens is 280 g/mol. The molecule has 110 valence electrons. The average Bonchev–Trinajstić information content (AvgIpc) is 2.76. The molecule has 0 radical (unpaired) electrons. The number of aromatic nitrogens is 3. The highest BCUT2D eigenvalue weighted by Gasteiger charge is 2.21. The molecule has 0 saturated carbocycles. The fourth-order valence-electron chi connectivity index (χ4n) is 1.63. The van der Waals surface area contributed by atoms with Crippen molar-refractivity contribution < 1.29 is 14.9 Å². The molecule has 0 aliphatic carbocycles. The molecule has 10 heteroatoms. The Bertz CT molecular complexity index is 723. The van der Waals surface area contributed by atoms with E-state index in [0.29, 0.717) is 11.6 Å². The van der Waals surface area contributed by atoms with Crippen LogP contribution in [0.4, 0.5) is 5.69 Å². The van der Waals surface area contributed by atoms with Gasteiger partial charge in [0.2, 0.25) is 5.88 Å². The fourth-order valence-corrected chi connectivity index (χ4v) is 1.63. The van der Waals surface area contributed by atoms with E-state index in [9.17, 15) is 10.1 Å². The van der Waals surface area contributed by atoms with Crippen LogP contribution in [-0.4, -0.2) is 30.7 Å². The van der Waals surface area contributed by atoms with Crippen LogP contribution in [-0.2, 0) is 7.05 Å². The molecule has 21 heavy (non-hydrogen) atoms. The molecule has 0 atom stereocenters. The van der Waals surface area contributed by atoms with Crippen molar-refractivity contribution in [2.45, 2.75) is 6.92 Å². The van der Waals surface area contributed by atoms with Gasteiger partial charge in [-0.05, 0) is 6.92 Å². The number of aryl methyl sites for hydroxylation is 2. The maximum atomic E-state index is 11.1. The van der Waals surface area contributed by atoms with E-state index in [1.165, 1.54) is 10.9 Å². The highest BCUT2D eigenvalue weighted by atomic mass is 16.6. The molecule has 0 aliphatic rings. The highest BCUT2D eigenvalue weighted by molar-refractivity contribution is 5.97. The minimum Gasteiger partial charge on any atom is -0.415 e. The zero-order valence-corrected chi connectivity index (χ0v) is 11.2. The molecule has 10 nitrogen and oxygen atoms in total. The normalized spacial score (nSPS) is 11.4. The van der Waals surface area contributed by atoms with Gasteiger partial charge in [-0.25, -0.2) is 9.67 Å². The number of ether oxygens (including phenoxy) is 1. The Morgan fingerprint density at radius 2 is 2.29 bits per heavy atom. The van der Waals surface area contributed by atoms with Crippen LogP contribution in [0.15, 0.2) is 23.5 Å². The number of amidine groups is 1. The second-order valence-electron chi connectivity index (χ2n) is 4.14. The molecule has 2 heterocycles. The van der Waals surface area contributed by atoms with Gasteiger partial charge in [-0.3, -0.25) is 10.1 Å². The first kappa shape index (κ1) is 14.2. The van der Waals surface area contributed by atoms with Crippen LogP contribution < -0.4 is 10.5 Å². The van der Waals surface area contributed by atoms with Crippen LogP contribution in [0.5, 0.6) is 11.8 Å². The Hall–Kier alpha value is -3.17. The Labute approximate surface area is 118 Å². The molecule has 2 aromatic heterocycles. The minimum absolute atomic E-state index is 0.109. The molecule has 0 spiro atoms. The summed E-state index contributed by atoms with van der Waals surface area (Å²) in [5.74, 6) is -0.189. The van der Waals surface area contributed by atoms with E-state index in [1.54, 1.807) is 20.0 Å². The predicted molar refractivity (Wildman–Crippen MR) is 71.4 cm³/mol. The summed E-state index contributed by atoms with van der Waals surface area (Å²) in [4.78, 5) is 14.3. The molecule has 0 aromatic carbocycles. The number of nitrogens with two attached hydrogens (primary N) is 1. The van der Waals surface area contributed by atoms with Gasteiger partial charge >= 0.3 is 11.6 Å². The third kappa shape index (κ3) is 2.88. The van der Waals surface area contributed by atoms with Crippen molar-refractivity contribution in [2.24, 2.45) is 17.9 Å². The first-order valence-corrected chi connectivity index (χ1v) is 5.73. The van der Waals surface area contributed by atoms with Gasteiger partial charge in [-0.2, -0.15) is 5.10 Å². The average molecular weight is 292 g/mol. The third-order valence-corrected chi connectivity index (χ3v) is 2.59. The standard InChI is InChI=1S/C11H12N6O4/c1-6-3-9(16(2)14-6)21-11-8(17(19)20)4-7(5-13-11)10(12)15-18/h3-5,18H,1-2H3,(H2,12,15). The third-order valence-electron chi connectivity index (χ3n) is 2.59. The molecule has 3 N–H and O–H groups in total. The van der Waals surface area contributed by atoms with Crippen LogP contribution in [0.25, 0.3) is 0 Å². The number of pyridine rings is 1. The Balaban J connectivity index is 2.44. The summed E-state index contributed by atoms with van der Waals surface area (Å²) < 4.78 is 6.82. The van der Waals surface area contributed by atoms with Crippen LogP contribution >= 0.6 is 0 Å². The summed E-state index contributed by atoms with van der Waals surface area (Å²) in [7, 11) is 1.64. The lowest BCUT2D eigenvalue weighted by Crippen LogP contribution is -2.14. The summed E-state index contributed by atoms with van der Waals surface area (Å²) in [6, 6.07) is 2.73. The van der Waals surface area contributed by atoms with Crippen LogP contribution in [0.1, 0.15) is 11.3 Å². The predicted octanol–water partition coefficient (Wildman–Crippen LogP) is 0.919. The van der Waals surface area contributed by atoms with Crippen molar-refractivity contribution in [1.29, 1.82) is 0 Å². The molecule has 0 fully saturated rings. The highest BCUT2D eigenvalue weighted by Crippen LogP contribution is 2.29. The number of hydrogen-bond donors (Lipinski definition) is 2. The first-order valence-electron chi connectivity index (χ1n) is 5.73. The van der Waals surface area contributed by atoms with Gasteiger partial charge in [0.25, 0.3) is 0 Å². The Morgan fingerprint density at radius 3 is 2.81 bits per heavy atom. The van der Waals surface area contributed by atoms with E-state index in [1.807, 2.05) is 0 Å². The SMILES string of the molecule is Cc1cc(Oc2ncc(/C(N)=N/O)cc2[N+](=O)[O-])n(C)n1. The summed E-state index contributed by atoms with van der Waals surface area (Å²) in [5, 5.41) is 26.5. The number of oxime groups is 1. The van der Waals surface area contributed by atoms with E-state index < -0.39 is 10.6 Å². The van der Waals surface area contributed by atoms with Crippen LogP contribution in [0.2, 0.25) is 0 Å². The Kier molecular flexibility index (Phi) is 3.69. The molecule has 2 rings (SSSR count). The number of rotatable bonds is 4. The summed E-state index contributed by atoms with van der Waals surface area (Å²) in [5.41, 5.74) is 5.78. The van der Waals surface area contributed by atoms with Crippen molar-refractivity contribution >= 4 is 11.5 Å². The van der Waals surface area contributed by atoms with Crippen molar-refractivity contribution in [3.8, 4) is 11.8 Å².